The van der Waals surface area contributed by atoms with Gasteiger partial charge < -0.3 is 10.7 Å². The lowest BCUT2D eigenvalue weighted by Crippen LogP contribution is -2.34. The number of hydrogen-bond acceptors (Lipinski definition) is 7. The lowest BCUT2D eigenvalue weighted by atomic mass is 9.90. The molecule has 2 aromatic rings. The first-order valence-electron chi connectivity index (χ1n) is 8.28. The van der Waals surface area contributed by atoms with Gasteiger partial charge in [-0.25, -0.2) is 18.5 Å². The normalized spacial score (nSPS) is 16.0. The molecular formula is C16H20N8O2S. The van der Waals surface area contributed by atoms with Gasteiger partial charge in [0.1, 0.15) is 0 Å². The van der Waals surface area contributed by atoms with Gasteiger partial charge in [-0.15, -0.1) is 5.11 Å². The summed E-state index contributed by atoms with van der Waals surface area (Å²) in [6.07, 6.45) is 6.70. The van der Waals surface area contributed by atoms with Crippen molar-refractivity contribution in [2.45, 2.75) is 23.8 Å². The Balaban J connectivity index is 1.92. The highest BCUT2D eigenvalue weighted by Crippen LogP contribution is 2.33. The van der Waals surface area contributed by atoms with Gasteiger partial charge in [-0.2, -0.15) is 0 Å². The standard InChI is InChI=1S/C16H20N8O2S/c17-15(22-23-18)14-13(3-7-21-16(14)27(19,25)26)24-8-4-11(5-9-24)12-2-1-6-20-10-12/h1-3,6-7,10-11H,4-5,8-9H2,(H3,17,18,22)(H2,19,25,26). The van der Waals surface area contributed by atoms with E-state index in [1.807, 2.05) is 17.2 Å². The third-order valence-electron chi connectivity index (χ3n) is 4.55. The van der Waals surface area contributed by atoms with Crippen LogP contribution in [0.4, 0.5) is 5.69 Å². The van der Waals surface area contributed by atoms with Crippen molar-refractivity contribution in [2.75, 3.05) is 18.0 Å². The molecule has 1 aliphatic rings. The number of amidine groups is 1. The summed E-state index contributed by atoms with van der Waals surface area (Å²) in [5.74, 6) is 5.01. The average molecular weight is 388 g/mol. The van der Waals surface area contributed by atoms with Crippen molar-refractivity contribution in [1.82, 2.24) is 9.97 Å². The van der Waals surface area contributed by atoms with E-state index in [1.54, 1.807) is 12.3 Å². The molecule has 0 spiro atoms. The Kier molecular flexibility index (Phi) is 5.42. The van der Waals surface area contributed by atoms with Crippen LogP contribution < -0.4 is 15.9 Å². The lowest BCUT2D eigenvalue weighted by Gasteiger charge is -2.34. The number of nitrogens with two attached hydrogens (primary N) is 2. The van der Waals surface area contributed by atoms with Crippen LogP contribution in [0.1, 0.15) is 29.9 Å². The maximum Gasteiger partial charge on any atom is 0.256 e. The molecule has 1 saturated heterocycles. The van der Waals surface area contributed by atoms with Crippen molar-refractivity contribution in [3.63, 3.8) is 0 Å². The summed E-state index contributed by atoms with van der Waals surface area (Å²) in [5, 5.41) is 19.5. The van der Waals surface area contributed by atoms with Crippen molar-refractivity contribution < 1.29 is 8.42 Å². The van der Waals surface area contributed by atoms with E-state index in [1.165, 1.54) is 11.8 Å². The van der Waals surface area contributed by atoms with Crippen molar-refractivity contribution in [2.24, 2.45) is 21.3 Å². The van der Waals surface area contributed by atoms with Gasteiger partial charge in [-0.05, 0) is 36.5 Å². The number of primary sulfonamides is 1. The number of rotatable bonds is 4. The Hall–Kier alpha value is -2.92. The quantitative estimate of drug-likeness (QED) is 0.234. The van der Waals surface area contributed by atoms with Gasteiger partial charge in [0.25, 0.3) is 10.0 Å². The molecular weight excluding hydrogens is 368 g/mol. The number of piperidine rings is 1. The van der Waals surface area contributed by atoms with Gasteiger partial charge in [0.2, 0.25) is 0 Å². The van der Waals surface area contributed by atoms with Gasteiger partial charge in [-0.1, -0.05) is 11.3 Å². The molecule has 5 N–H and O–H groups in total. The van der Waals surface area contributed by atoms with Crippen molar-refractivity contribution in [3.8, 4) is 0 Å². The van der Waals surface area contributed by atoms with E-state index in [2.05, 4.69) is 26.4 Å². The van der Waals surface area contributed by atoms with Gasteiger partial charge in [0.15, 0.2) is 10.9 Å². The second kappa shape index (κ2) is 7.76. The highest BCUT2D eigenvalue weighted by atomic mass is 32.2. The first-order valence-corrected chi connectivity index (χ1v) is 9.83. The summed E-state index contributed by atoms with van der Waals surface area (Å²) in [6.45, 7) is 1.35. The Morgan fingerprint density at radius 3 is 2.59 bits per heavy atom. The largest absolute Gasteiger partial charge is 0.371 e. The van der Waals surface area contributed by atoms with Gasteiger partial charge in [-0.3, -0.25) is 10.4 Å². The molecule has 0 aliphatic carbocycles. The van der Waals surface area contributed by atoms with Crippen LogP contribution in [0.2, 0.25) is 0 Å². The second-order valence-electron chi connectivity index (χ2n) is 6.17. The maximum atomic E-state index is 11.9. The molecule has 0 saturated carbocycles. The van der Waals surface area contributed by atoms with Gasteiger partial charge in [0, 0.05) is 31.7 Å². The molecule has 10 nitrogen and oxygen atoms in total. The van der Waals surface area contributed by atoms with Crippen LogP contribution in [0.5, 0.6) is 0 Å². The lowest BCUT2D eigenvalue weighted by molar-refractivity contribution is 0.503. The summed E-state index contributed by atoms with van der Waals surface area (Å²) in [6, 6.07) is 5.62. The van der Waals surface area contributed by atoms with E-state index >= 15 is 0 Å². The van der Waals surface area contributed by atoms with E-state index in [4.69, 9.17) is 16.4 Å². The topological polar surface area (TPSA) is 164 Å². The number of pyridine rings is 2. The Labute approximate surface area is 156 Å². The molecule has 27 heavy (non-hydrogen) atoms. The zero-order valence-corrected chi connectivity index (χ0v) is 15.3. The SMILES string of the molecule is N=C(N=NN)c1c(N2CCC(c3cccnc3)CC2)ccnc1S(N)(=O)=O. The first kappa shape index (κ1) is 18.9. The van der Waals surface area contributed by atoms with Crippen LogP contribution in [0, 0.1) is 5.41 Å². The van der Waals surface area contributed by atoms with E-state index < -0.39 is 20.9 Å². The smallest absolute Gasteiger partial charge is 0.256 e. The van der Waals surface area contributed by atoms with E-state index in [9.17, 15) is 8.42 Å². The monoisotopic (exact) mass is 388 g/mol. The van der Waals surface area contributed by atoms with Crippen molar-refractivity contribution in [1.29, 1.82) is 5.41 Å². The first-order chi connectivity index (χ1) is 12.9. The Morgan fingerprint density at radius 1 is 1.26 bits per heavy atom. The Morgan fingerprint density at radius 2 is 2.00 bits per heavy atom. The molecule has 0 bridgehead atoms. The molecule has 0 atom stereocenters. The van der Waals surface area contributed by atoms with Gasteiger partial charge >= 0.3 is 0 Å². The Bertz CT molecular complexity index is 954. The van der Waals surface area contributed by atoms with E-state index in [-0.39, 0.29) is 5.56 Å². The van der Waals surface area contributed by atoms with Crippen LogP contribution in [0.15, 0.2) is 52.2 Å². The van der Waals surface area contributed by atoms with Crippen LogP contribution in [0.25, 0.3) is 0 Å². The molecule has 0 aromatic carbocycles. The number of sulfonamides is 1. The molecule has 1 fully saturated rings. The van der Waals surface area contributed by atoms with Gasteiger partial charge in [0.05, 0.1) is 11.3 Å². The fraction of sp³-hybridized carbons (Fsp3) is 0.312. The summed E-state index contributed by atoms with van der Waals surface area (Å²) >= 11 is 0. The van der Waals surface area contributed by atoms with Crippen LogP contribution >= 0.6 is 0 Å². The fourth-order valence-corrected chi connectivity index (χ4v) is 4.01. The van der Waals surface area contributed by atoms with Crippen LogP contribution in [0.3, 0.4) is 0 Å². The molecule has 0 radical (unpaired) electrons. The number of anilines is 1. The average Bonchev–Trinajstić information content (AvgIpc) is 2.68. The minimum atomic E-state index is -4.14. The molecule has 0 unspecified atom stereocenters. The molecule has 142 valence electrons. The molecule has 0 amide bonds. The molecule has 3 rings (SSSR count). The zero-order valence-electron chi connectivity index (χ0n) is 14.5. The summed E-state index contributed by atoms with van der Waals surface area (Å²) < 4.78 is 23.8. The zero-order chi connectivity index (χ0) is 19.4. The second-order valence-corrected chi connectivity index (χ2v) is 7.64. The van der Waals surface area contributed by atoms with Crippen molar-refractivity contribution in [3.05, 3.63) is 47.9 Å². The molecule has 3 heterocycles. The number of nitrogens with zero attached hydrogens (tertiary/aromatic N) is 5. The predicted octanol–water partition coefficient (Wildman–Crippen LogP) is 1.16. The maximum absolute atomic E-state index is 11.9. The highest BCUT2D eigenvalue weighted by Gasteiger charge is 2.28. The minimum Gasteiger partial charge on any atom is -0.371 e. The predicted molar refractivity (Wildman–Crippen MR) is 99.9 cm³/mol. The number of aromatic nitrogens is 2. The summed E-state index contributed by atoms with van der Waals surface area (Å²) in [4.78, 5) is 10.0. The third-order valence-corrected chi connectivity index (χ3v) is 5.40. The number of nitrogens with one attached hydrogen (secondary N) is 1. The van der Waals surface area contributed by atoms with Crippen LogP contribution in [-0.4, -0.2) is 37.3 Å². The molecule has 1 aliphatic heterocycles. The van der Waals surface area contributed by atoms with E-state index in [0.717, 1.165) is 12.8 Å². The fourth-order valence-electron chi connectivity index (χ4n) is 3.31. The highest BCUT2D eigenvalue weighted by molar-refractivity contribution is 7.89. The minimum absolute atomic E-state index is 0.00836. The van der Waals surface area contributed by atoms with Crippen molar-refractivity contribution >= 4 is 21.5 Å². The van der Waals surface area contributed by atoms with Crippen LogP contribution in [-0.2, 0) is 10.0 Å². The summed E-state index contributed by atoms with van der Waals surface area (Å²) in [5.41, 5.74) is 1.71. The third kappa shape index (κ3) is 4.09. The van der Waals surface area contributed by atoms with E-state index in [0.29, 0.717) is 24.7 Å². The summed E-state index contributed by atoms with van der Waals surface area (Å²) in [7, 11) is -4.14. The number of hydrogen-bond donors (Lipinski definition) is 3. The molecule has 11 heteroatoms. The molecule has 2 aromatic heterocycles.